The molecular formula is C13H21N3O2. The SMILES string of the molecule is CCCN(CC1CCCN1)C(=O)c1cc(C)no1. The van der Waals surface area contributed by atoms with Crippen LogP contribution in [0.2, 0.25) is 0 Å². The van der Waals surface area contributed by atoms with Gasteiger partial charge in [0.1, 0.15) is 0 Å². The summed E-state index contributed by atoms with van der Waals surface area (Å²) in [6, 6.07) is 2.12. The molecule has 1 fully saturated rings. The van der Waals surface area contributed by atoms with Gasteiger partial charge in [-0.3, -0.25) is 4.79 Å². The second-order valence-corrected chi connectivity index (χ2v) is 4.88. The highest BCUT2D eigenvalue weighted by Gasteiger charge is 2.24. The zero-order chi connectivity index (χ0) is 13.0. The summed E-state index contributed by atoms with van der Waals surface area (Å²) < 4.78 is 5.06. The van der Waals surface area contributed by atoms with Crippen LogP contribution < -0.4 is 5.32 Å². The van der Waals surface area contributed by atoms with Crippen LogP contribution in [-0.2, 0) is 0 Å². The van der Waals surface area contributed by atoms with Crippen LogP contribution in [0.4, 0.5) is 0 Å². The highest BCUT2D eigenvalue weighted by atomic mass is 16.5. The normalized spacial score (nSPS) is 19.1. The quantitative estimate of drug-likeness (QED) is 0.863. The molecule has 0 saturated carbocycles. The molecule has 100 valence electrons. The van der Waals surface area contributed by atoms with Gasteiger partial charge in [0.05, 0.1) is 5.69 Å². The number of amides is 1. The maximum atomic E-state index is 12.3. The number of nitrogens with one attached hydrogen (secondary N) is 1. The van der Waals surface area contributed by atoms with Crippen molar-refractivity contribution in [3.63, 3.8) is 0 Å². The fourth-order valence-electron chi connectivity index (χ4n) is 2.34. The third-order valence-corrected chi connectivity index (χ3v) is 3.22. The van der Waals surface area contributed by atoms with E-state index in [0.29, 0.717) is 11.8 Å². The highest BCUT2D eigenvalue weighted by Crippen LogP contribution is 2.12. The van der Waals surface area contributed by atoms with Gasteiger partial charge in [0.25, 0.3) is 5.91 Å². The molecule has 18 heavy (non-hydrogen) atoms. The second-order valence-electron chi connectivity index (χ2n) is 4.88. The van der Waals surface area contributed by atoms with Gasteiger partial charge in [-0.15, -0.1) is 0 Å². The van der Waals surface area contributed by atoms with Gasteiger partial charge in [0.15, 0.2) is 0 Å². The Labute approximate surface area is 108 Å². The summed E-state index contributed by atoms with van der Waals surface area (Å²) in [5.74, 6) is 0.296. The minimum absolute atomic E-state index is 0.0499. The molecule has 1 aromatic rings. The third kappa shape index (κ3) is 3.10. The van der Waals surface area contributed by atoms with E-state index >= 15 is 0 Å². The van der Waals surface area contributed by atoms with Crippen molar-refractivity contribution in [1.29, 1.82) is 0 Å². The van der Waals surface area contributed by atoms with Crippen LogP contribution in [0.15, 0.2) is 10.6 Å². The fourth-order valence-corrected chi connectivity index (χ4v) is 2.34. The summed E-state index contributed by atoms with van der Waals surface area (Å²) in [4.78, 5) is 14.2. The van der Waals surface area contributed by atoms with E-state index < -0.39 is 0 Å². The van der Waals surface area contributed by atoms with Crippen LogP contribution in [0.3, 0.4) is 0 Å². The van der Waals surface area contributed by atoms with Crippen LogP contribution in [0.1, 0.15) is 42.4 Å². The Morgan fingerprint density at radius 2 is 2.50 bits per heavy atom. The zero-order valence-corrected chi connectivity index (χ0v) is 11.1. The molecule has 1 N–H and O–H groups in total. The van der Waals surface area contributed by atoms with Gasteiger partial charge in [0, 0.05) is 25.2 Å². The summed E-state index contributed by atoms with van der Waals surface area (Å²) in [5, 5.41) is 7.19. The summed E-state index contributed by atoms with van der Waals surface area (Å²) in [6.07, 6.45) is 3.29. The molecule has 1 atom stereocenters. The van der Waals surface area contributed by atoms with Crippen molar-refractivity contribution in [2.24, 2.45) is 0 Å². The minimum Gasteiger partial charge on any atom is -0.351 e. The molecule has 2 heterocycles. The van der Waals surface area contributed by atoms with Crippen molar-refractivity contribution in [3.8, 4) is 0 Å². The van der Waals surface area contributed by atoms with Crippen molar-refractivity contribution >= 4 is 5.91 Å². The largest absolute Gasteiger partial charge is 0.351 e. The van der Waals surface area contributed by atoms with E-state index in [0.717, 1.165) is 38.2 Å². The lowest BCUT2D eigenvalue weighted by atomic mass is 10.2. The van der Waals surface area contributed by atoms with E-state index in [9.17, 15) is 4.79 Å². The van der Waals surface area contributed by atoms with Gasteiger partial charge >= 0.3 is 0 Å². The molecule has 0 aromatic carbocycles. The molecule has 1 amide bonds. The first-order chi connectivity index (χ1) is 8.70. The number of nitrogens with zero attached hydrogens (tertiary/aromatic N) is 2. The Bertz CT molecular complexity index is 397. The summed E-state index contributed by atoms with van der Waals surface area (Å²) in [7, 11) is 0. The van der Waals surface area contributed by atoms with E-state index in [-0.39, 0.29) is 5.91 Å². The molecule has 5 nitrogen and oxygen atoms in total. The number of hydrogen-bond donors (Lipinski definition) is 1. The Morgan fingerprint density at radius 3 is 3.06 bits per heavy atom. The lowest BCUT2D eigenvalue weighted by molar-refractivity contribution is 0.0700. The van der Waals surface area contributed by atoms with Gasteiger partial charge in [-0.1, -0.05) is 12.1 Å². The summed E-state index contributed by atoms with van der Waals surface area (Å²) in [5.41, 5.74) is 0.744. The standard InChI is InChI=1S/C13H21N3O2/c1-3-7-16(9-11-5-4-6-14-11)13(17)12-8-10(2)15-18-12/h8,11,14H,3-7,9H2,1-2H3. The number of rotatable bonds is 5. The monoisotopic (exact) mass is 251 g/mol. The van der Waals surface area contributed by atoms with Crippen molar-refractivity contribution in [1.82, 2.24) is 15.4 Å². The van der Waals surface area contributed by atoms with E-state index in [1.54, 1.807) is 6.07 Å². The summed E-state index contributed by atoms with van der Waals surface area (Å²) >= 11 is 0. The van der Waals surface area contributed by atoms with Gasteiger partial charge in [-0.05, 0) is 32.7 Å². The molecular weight excluding hydrogens is 230 g/mol. The average molecular weight is 251 g/mol. The first kappa shape index (κ1) is 13.1. The molecule has 5 heteroatoms. The minimum atomic E-state index is -0.0499. The third-order valence-electron chi connectivity index (χ3n) is 3.22. The van der Waals surface area contributed by atoms with Gasteiger partial charge in [-0.2, -0.15) is 0 Å². The van der Waals surface area contributed by atoms with Crippen molar-refractivity contribution in [2.45, 2.75) is 39.2 Å². The van der Waals surface area contributed by atoms with Crippen molar-refractivity contribution in [3.05, 3.63) is 17.5 Å². The van der Waals surface area contributed by atoms with Crippen LogP contribution in [-0.4, -0.2) is 41.6 Å². The Hall–Kier alpha value is -1.36. The smallest absolute Gasteiger partial charge is 0.292 e. The first-order valence-corrected chi connectivity index (χ1v) is 6.66. The van der Waals surface area contributed by atoms with Crippen molar-refractivity contribution in [2.75, 3.05) is 19.6 Å². The van der Waals surface area contributed by atoms with Gasteiger partial charge in [-0.25, -0.2) is 0 Å². The molecule has 1 unspecified atom stereocenters. The molecule has 1 saturated heterocycles. The number of aromatic nitrogens is 1. The Balaban J connectivity index is 2.01. The Morgan fingerprint density at radius 1 is 1.67 bits per heavy atom. The molecule has 0 spiro atoms. The molecule has 0 radical (unpaired) electrons. The lowest BCUT2D eigenvalue weighted by Crippen LogP contribution is -2.41. The fraction of sp³-hybridized carbons (Fsp3) is 0.692. The zero-order valence-electron chi connectivity index (χ0n) is 11.1. The first-order valence-electron chi connectivity index (χ1n) is 6.66. The predicted molar refractivity (Wildman–Crippen MR) is 68.5 cm³/mol. The van der Waals surface area contributed by atoms with E-state index in [1.807, 2.05) is 11.8 Å². The van der Waals surface area contributed by atoms with Crippen LogP contribution >= 0.6 is 0 Å². The molecule has 1 aromatic heterocycles. The van der Waals surface area contributed by atoms with Crippen molar-refractivity contribution < 1.29 is 9.32 Å². The van der Waals surface area contributed by atoms with Crippen LogP contribution in [0, 0.1) is 6.92 Å². The maximum Gasteiger partial charge on any atom is 0.292 e. The molecule has 1 aliphatic rings. The van der Waals surface area contributed by atoms with Crippen LogP contribution in [0.25, 0.3) is 0 Å². The van der Waals surface area contributed by atoms with E-state index in [1.165, 1.54) is 6.42 Å². The van der Waals surface area contributed by atoms with E-state index in [2.05, 4.69) is 17.4 Å². The predicted octanol–water partition coefficient (Wildman–Crippen LogP) is 1.59. The molecule has 0 aliphatic carbocycles. The molecule has 0 bridgehead atoms. The lowest BCUT2D eigenvalue weighted by Gasteiger charge is -2.24. The van der Waals surface area contributed by atoms with Gasteiger partial charge in [0.2, 0.25) is 5.76 Å². The maximum absolute atomic E-state index is 12.3. The molecule has 2 rings (SSSR count). The Kier molecular flexibility index (Phi) is 4.36. The van der Waals surface area contributed by atoms with E-state index in [4.69, 9.17) is 4.52 Å². The topological polar surface area (TPSA) is 58.4 Å². The summed E-state index contributed by atoms with van der Waals surface area (Å²) in [6.45, 7) is 6.47. The number of hydrogen-bond acceptors (Lipinski definition) is 4. The highest BCUT2D eigenvalue weighted by molar-refractivity contribution is 5.91. The molecule has 1 aliphatic heterocycles. The number of carbonyl (C=O) groups excluding carboxylic acids is 1. The van der Waals surface area contributed by atoms with Crippen LogP contribution in [0.5, 0.6) is 0 Å². The second kappa shape index (κ2) is 6.00. The number of carbonyl (C=O) groups is 1. The number of aryl methyl sites for hydroxylation is 1. The average Bonchev–Trinajstić information content (AvgIpc) is 2.99. The van der Waals surface area contributed by atoms with Gasteiger partial charge < -0.3 is 14.7 Å².